The Bertz CT molecular complexity index is 240. The van der Waals surface area contributed by atoms with E-state index in [0.29, 0.717) is 6.42 Å². The summed E-state index contributed by atoms with van der Waals surface area (Å²) in [5, 5.41) is 0. The molecule has 0 N–H and O–H groups in total. The highest BCUT2D eigenvalue weighted by molar-refractivity contribution is 5.55. The molecule has 0 saturated carbocycles. The molecule has 0 amide bonds. The van der Waals surface area contributed by atoms with Gasteiger partial charge in [0.15, 0.2) is 0 Å². The van der Waals surface area contributed by atoms with Gasteiger partial charge in [-0.2, -0.15) is 0 Å². The second-order valence-corrected chi connectivity index (χ2v) is 2.54. The maximum absolute atomic E-state index is 10.2. The quantitative estimate of drug-likeness (QED) is 0.599. The molecule has 0 saturated heterocycles. The SMILES string of the molecule is CCc1cccc(CC=O)c1. The second kappa shape index (κ2) is 3.91. The Morgan fingerprint density at radius 1 is 1.36 bits per heavy atom. The third-order valence-corrected chi connectivity index (χ3v) is 1.72. The molecule has 1 nitrogen and oxygen atoms in total. The van der Waals surface area contributed by atoms with Crippen LogP contribution in [0.4, 0.5) is 0 Å². The zero-order chi connectivity index (χ0) is 8.10. The summed E-state index contributed by atoms with van der Waals surface area (Å²) in [6.07, 6.45) is 2.51. The van der Waals surface area contributed by atoms with Crippen LogP contribution in [0.2, 0.25) is 0 Å². The van der Waals surface area contributed by atoms with Crippen LogP contribution in [0, 0.1) is 0 Å². The number of hydrogen-bond donors (Lipinski definition) is 0. The first-order valence-electron chi connectivity index (χ1n) is 3.88. The maximum atomic E-state index is 10.2. The van der Waals surface area contributed by atoms with Crippen molar-refractivity contribution in [2.45, 2.75) is 19.8 Å². The van der Waals surface area contributed by atoms with E-state index >= 15 is 0 Å². The summed E-state index contributed by atoms with van der Waals surface area (Å²) < 4.78 is 0. The summed E-state index contributed by atoms with van der Waals surface area (Å²) in [4.78, 5) is 10.2. The number of benzene rings is 1. The van der Waals surface area contributed by atoms with E-state index in [-0.39, 0.29) is 0 Å². The van der Waals surface area contributed by atoms with Gasteiger partial charge in [0.2, 0.25) is 0 Å². The smallest absolute Gasteiger partial charge is 0.124 e. The van der Waals surface area contributed by atoms with Gasteiger partial charge in [0, 0.05) is 6.42 Å². The van der Waals surface area contributed by atoms with Gasteiger partial charge in [-0.15, -0.1) is 0 Å². The van der Waals surface area contributed by atoms with Crippen LogP contribution in [0.5, 0.6) is 0 Å². The predicted octanol–water partition coefficient (Wildman–Crippen LogP) is 1.99. The van der Waals surface area contributed by atoms with Gasteiger partial charge >= 0.3 is 0 Å². The number of hydrogen-bond acceptors (Lipinski definition) is 1. The molecule has 0 fully saturated rings. The molecule has 0 aliphatic heterocycles. The molecule has 1 rings (SSSR count). The highest BCUT2D eigenvalue weighted by Gasteiger charge is 1.91. The lowest BCUT2D eigenvalue weighted by molar-refractivity contribution is -0.107. The van der Waals surface area contributed by atoms with Crippen LogP contribution in [0.25, 0.3) is 0 Å². The van der Waals surface area contributed by atoms with Gasteiger partial charge in [-0.1, -0.05) is 31.2 Å². The Hall–Kier alpha value is -1.11. The Morgan fingerprint density at radius 3 is 2.73 bits per heavy atom. The molecule has 1 aromatic carbocycles. The van der Waals surface area contributed by atoms with Gasteiger partial charge in [0.25, 0.3) is 0 Å². The molecule has 0 heterocycles. The van der Waals surface area contributed by atoms with E-state index in [0.717, 1.165) is 18.3 Å². The summed E-state index contributed by atoms with van der Waals surface area (Å²) in [6, 6.07) is 8.13. The van der Waals surface area contributed by atoms with Gasteiger partial charge < -0.3 is 4.79 Å². The van der Waals surface area contributed by atoms with E-state index in [9.17, 15) is 4.79 Å². The number of aryl methyl sites for hydroxylation is 1. The first-order chi connectivity index (χ1) is 5.36. The van der Waals surface area contributed by atoms with Crippen molar-refractivity contribution in [2.24, 2.45) is 0 Å². The molecule has 0 bridgehead atoms. The Kier molecular flexibility index (Phi) is 2.84. The van der Waals surface area contributed by atoms with Crippen molar-refractivity contribution < 1.29 is 4.79 Å². The van der Waals surface area contributed by atoms with Gasteiger partial charge in [-0.3, -0.25) is 0 Å². The lowest BCUT2D eigenvalue weighted by Crippen LogP contribution is -1.87. The number of carbonyl (C=O) groups excluding carboxylic acids is 1. The summed E-state index contributed by atoms with van der Waals surface area (Å²) in [7, 11) is 0. The van der Waals surface area contributed by atoms with Crippen LogP contribution < -0.4 is 0 Å². The maximum Gasteiger partial charge on any atom is 0.124 e. The van der Waals surface area contributed by atoms with Crippen molar-refractivity contribution in [2.75, 3.05) is 0 Å². The van der Waals surface area contributed by atoms with Crippen molar-refractivity contribution in [3.63, 3.8) is 0 Å². The fraction of sp³-hybridized carbons (Fsp3) is 0.300. The number of rotatable bonds is 3. The van der Waals surface area contributed by atoms with Crippen molar-refractivity contribution in [3.05, 3.63) is 35.4 Å². The van der Waals surface area contributed by atoms with Crippen molar-refractivity contribution in [1.82, 2.24) is 0 Å². The minimum Gasteiger partial charge on any atom is -0.303 e. The molecule has 1 aromatic rings. The normalized spacial score (nSPS) is 9.55. The highest BCUT2D eigenvalue weighted by atomic mass is 16.1. The average molecular weight is 148 g/mol. The van der Waals surface area contributed by atoms with Crippen LogP contribution >= 0.6 is 0 Å². The van der Waals surface area contributed by atoms with Crippen molar-refractivity contribution in [1.29, 1.82) is 0 Å². The molecule has 0 aromatic heterocycles. The predicted molar refractivity (Wildman–Crippen MR) is 45.6 cm³/mol. The second-order valence-electron chi connectivity index (χ2n) is 2.54. The summed E-state index contributed by atoms with van der Waals surface area (Å²) in [5.74, 6) is 0. The molecule has 1 heteroatoms. The lowest BCUT2D eigenvalue weighted by Gasteiger charge is -1.98. The van der Waals surface area contributed by atoms with Crippen LogP contribution in [0.15, 0.2) is 24.3 Å². The zero-order valence-corrected chi connectivity index (χ0v) is 6.71. The Labute approximate surface area is 67.1 Å². The minimum atomic E-state index is 0.536. The zero-order valence-electron chi connectivity index (χ0n) is 6.71. The molecule has 0 aliphatic rings. The summed E-state index contributed by atoms with van der Waals surface area (Å²) in [5.41, 5.74) is 2.41. The number of carbonyl (C=O) groups is 1. The van der Waals surface area contributed by atoms with Crippen molar-refractivity contribution in [3.8, 4) is 0 Å². The fourth-order valence-electron chi connectivity index (χ4n) is 1.07. The minimum absolute atomic E-state index is 0.536. The molecule has 11 heavy (non-hydrogen) atoms. The molecular formula is C10H12O. The van der Waals surface area contributed by atoms with Gasteiger partial charge in [-0.25, -0.2) is 0 Å². The van der Waals surface area contributed by atoms with E-state index in [2.05, 4.69) is 19.1 Å². The van der Waals surface area contributed by atoms with Crippen LogP contribution in [-0.2, 0) is 17.6 Å². The Balaban J connectivity index is 2.82. The molecule has 0 radical (unpaired) electrons. The van der Waals surface area contributed by atoms with Crippen molar-refractivity contribution >= 4 is 6.29 Å². The molecule has 0 aliphatic carbocycles. The molecule has 0 atom stereocenters. The largest absolute Gasteiger partial charge is 0.303 e. The topological polar surface area (TPSA) is 17.1 Å². The van der Waals surface area contributed by atoms with E-state index in [4.69, 9.17) is 0 Å². The van der Waals surface area contributed by atoms with E-state index in [1.807, 2.05) is 12.1 Å². The standard InChI is InChI=1S/C10H12O/c1-2-9-4-3-5-10(8-9)6-7-11/h3-5,7-8H,2,6H2,1H3. The van der Waals surface area contributed by atoms with E-state index < -0.39 is 0 Å². The molecule has 58 valence electrons. The fourth-order valence-corrected chi connectivity index (χ4v) is 1.07. The van der Waals surface area contributed by atoms with Crippen LogP contribution in [-0.4, -0.2) is 6.29 Å². The first-order valence-corrected chi connectivity index (χ1v) is 3.88. The van der Waals surface area contributed by atoms with Gasteiger partial charge in [0.05, 0.1) is 0 Å². The van der Waals surface area contributed by atoms with E-state index in [1.54, 1.807) is 0 Å². The van der Waals surface area contributed by atoms with E-state index in [1.165, 1.54) is 5.56 Å². The van der Waals surface area contributed by atoms with Gasteiger partial charge in [-0.05, 0) is 17.5 Å². The summed E-state index contributed by atoms with van der Waals surface area (Å²) >= 11 is 0. The number of aldehydes is 1. The summed E-state index contributed by atoms with van der Waals surface area (Å²) in [6.45, 7) is 2.11. The molecule has 0 spiro atoms. The average Bonchev–Trinajstić information content (AvgIpc) is 2.06. The third-order valence-electron chi connectivity index (χ3n) is 1.72. The van der Waals surface area contributed by atoms with Gasteiger partial charge in [0.1, 0.15) is 6.29 Å². The molecular weight excluding hydrogens is 136 g/mol. The van der Waals surface area contributed by atoms with Crippen LogP contribution in [0.3, 0.4) is 0 Å². The Morgan fingerprint density at radius 2 is 2.09 bits per heavy atom. The lowest BCUT2D eigenvalue weighted by atomic mass is 10.1. The van der Waals surface area contributed by atoms with Crippen LogP contribution in [0.1, 0.15) is 18.1 Å². The first kappa shape index (κ1) is 7.99. The monoisotopic (exact) mass is 148 g/mol. The molecule has 0 unspecified atom stereocenters. The highest BCUT2D eigenvalue weighted by Crippen LogP contribution is 2.05. The third kappa shape index (κ3) is 2.19.